The van der Waals surface area contributed by atoms with Gasteiger partial charge in [0.1, 0.15) is 33.3 Å². The van der Waals surface area contributed by atoms with Crippen LogP contribution in [0.1, 0.15) is 22.3 Å². The summed E-state index contributed by atoms with van der Waals surface area (Å²) >= 11 is 0. The Balaban J connectivity index is 0.000000369. The van der Waals surface area contributed by atoms with Crippen LogP contribution in [-0.4, -0.2) is 19.6 Å². The highest BCUT2D eigenvalue weighted by Crippen LogP contribution is 2.52. The zero-order valence-electron chi connectivity index (χ0n) is 22.5. The normalized spacial score (nSPS) is 12.7. The third kappa shape index (κ3) is 8.08. The summed E-state index contributed by atoms with van der Waals surface area (Å²) in [4.78, 5) is -0.222. The highest BCUT2D eigenvalue weighted by molar-refractivity contribution is 7.95. The number of hydrogen-bond donors (Lipinski definition) is 0. The summed E-state index contributed by atoms with van der Waals surface area (Å²) in [5, 5.41) is 1.14. The van der Waals surface area contributed by atoms with E-state index in [9.17, 15) is 52.5 Å². The Morgan fingerprint density at radius 2 is 0.886 bits per heavy atom. The second-order valence-corrected chi connectivity index (χ2v) is 14.2. The van der Waals surface area contributed by atoms with E-state index in [-0.39, 0.29) is 4.90 Å². The van der Waals surface area contributed by atoms with Crippen LogP contribution in [0.2, 0.25) is 0 Å². The molecule has 234 valence electrons. The Bertz CT molecular complexity index is 1550. The van der Waals surface area contributed by atoms with Crippen molar-refractivity contribution in [1.29, 1.82) is 0 Å². The Morgan fingerprint density at radius 3 is 1.11 bits per heavy atom. The average molecular weight is 665 g/mol. The fourth-order valence-electron chi connectivity index (χ4n) is 4.17. The third-order valence-corrected chi connectivity index (χ3v) is 11.4. The molecule has 0 atom stereocenters. The lowest BCUT2D eigenvalue weighted by Crippen LogP contribution is -2.31. The minimum Gasteiger partial charge on any atom is -0.744 e. The van der Waals surface area contributed by atoms with E-state index < -0.39 is 52.6 Å². The summed E-state index contributed by atoms with van der Waals surface area (Å²) in [7, 11) is -7.21. The highest BCUT2D eigenvalue weighted by atomic mass is 32.2. The van der Waals surface area contributed by atoms with Crippen molar-refractivity contribution in [3.8, 4) is 0 Å². The average Bonchev–Trinajstić information content (AvgIpc) is 2.95. The summed E-state index contributed by atoms with van der Waals surface area (Å²) in [5.74, 6) is 0. The monoisotopic (exact) mass is 664 g/mol. The number of benzene rings is 4. The van der Waals surface area contributed by atoms with Crippen molar-refractivity contribution in [3.63, 3.8) is 0 Å². The van der Waals surface area contributed by atoms with Crippen molar-refractivity contribution in [2.24, 2.45) is 0 Å². The van der Waals surface area contributed by atoms with Gasteiger partial charge < -0.3 is 4.55 Å². The quantitative estimate of drug-likeness (QED) is 0.124. The summed E-state index contributed by atoms with van der Waals surface area (Å²) in [6.45, 7) is 5.04. The number of hydrogen-bond acceptors (Lipinski definition) is 3. The van der Waals surface area contributed by atoms with Crippen LogP contribution in [0.25, 0.3) is 6.08 Å². The lowest BCUT2D eigenvalue weighted by molar-refractivity contribution is -0.138. The Hall–Kier alpha value is -3.67. The van der Waals surface area contributed by atoms with Gasteiger partial charge in [-0.2, -0.15) is 39.5 Å². The van der Waals surface area contributed by atoms with Gasteiger partial charge in [-0.05, 0) is 84.4 Å². The van der Waals surface area contributed by atoms with Gasteiger partial charge in [-0.3, -0.25) is 0 Å². The Kier molecular flexibility index (Phi) is 10.1. The molecule has 3 nitrogen and oxygen atoms in total. The minimum atomic E-state index is -4.59. The van der Waals surface area contributed by atoms with Gasteiger partial charge in [-0.25, -0.2) is 8.42 Å². The zero-order chi connectivity index (χ0) is 33.1. The van der Waals surface area contributed by atoms with Gasteiger partial charge in [0.15, 0.2) is 0 Å². The molecule has 4 aromatic carbocycles. The van der Waals surface area contributed by atoms with Crippen molar-refractivity contribution in [1.82, 2.24) is 0 Å². The van der Waals surface area contributed by atoms with Crippen molar-refractivity contribution < 1.29 is 52.5 Å². The van der Waals surface area contributed by atoms with Crippen LogP contribution in [0.3, 0.4) is 0 Å². The molecule has 0 fully saturated rings. The van der Waals surface area contributed by atoms with E-state index in [0.29, 0.717) is 21.5 Å². The fourth-order valence-corrected chi connectivity index (χ4v) is 7.99. The van der Waals surface area contributed by atoms with Gasteiger partial charge in [0.25, 0.3) is 0 Å². The lowest BCUT2D eigenvalue weighted by Gasteiger charge is -2.24. The van der Waals surface area contributed by atoms with E-state index in [2.05, 4.69) is 6.58 Å². The molecule has 0 aromatic heterocycles. The molecule has 0 amide bonds. The Morgan fingerprint density at radius 1 is 0.591 bits per heavy atom. The standard InChI is InChI=1S/C22H15F9P.C8H8O3S/c1-32(17-8-2-14(3-9-17)20(23,24)25,18-10-4-15(5-11-18)21(26,27)28)19-12-6-16(7-13-19)22(29,30)31;1-2-7-5-3-4-6-8(7)12(9,10)11/h2-13H,1H3;2-6H,1H2,(H,9,10,11)/q+1;/p-1. The maximum atomic E-state index is 13.0. The van der Waals surface area contributed by atoms with Gasteiger partial charge >= 0.3 is 18.5 Å². The first kappa shape index (κ1) is 34.8. The molecule has 0 saturated carbocycles. The molecule has 4 aromatic rings. The smallest absolute Gasteiger partial charge is 0.416 e. The molecule has 0 N–H and O–H groups in total. The predicted molar refractivity (Wildman–Crippen MR) is 151 cm³/mol. The molecule has 4 rings (SSSR count). The van der Waals surface area contributed by atoms with Crippen LogP contribution in [0.5, 0.6) is 0 Å². The molecule has 0 spiro atoms. The van der Waals surface area contributed by atoms with Crippen molar-refractivity contribution in [2.75, 3.05) is 6.66 Å². The molecule has 0 unspecified atom stereocenters. The lowest BCUT2D eigenvalue weighted by atomic mass is 10.2. The van der Waals surface area contributed by atoms with Crippen molar-refractivity contribution in [2.45, 2.75) is 23.4 Å². The van der Waals surface area contributed by atoms with E-state index in [1.807, 2.05) is 0 Å². The molecular formula is C30H22F9O3PS. The molecule has 44 heavy (non-hydrogen) atoms. The largest absolute Gasteiger partial charge is 0.744 e. The van der Waals surface area contributed by atoms with Crippen LogP contribution < -0.4 is 15.9 Å². The van der Waals surface area contributed by atoms with E-state index >= 15 is 0 Å². The maximum absolute atomic E-state index is 13.0. The number of rotatable bonds is 5. The molecule has 0 saturated heterocycles. The van der Waals surface area contributed by atoms with E-state index in [1.165, 1.54) is 60.7 Å². The third-order valence-electron chi connectivity index (χ3n) is 6.54. The number of halogens is 9. The van der Waals surface area contributed by atoms with Crippen molar-refractivity contribution in [3.05, 3.63) is 126 Å². The van der Waals surface area contributed by atoms with Crippen LogP contribution in [-0.2, 0) is 28.6 Å². The molecular weight excluding hydrogens is 642 g/mol. The maximum Gasteiger partial charge on any atom is 0.416 e. The van der Waals surface area contributed by atoms with Crippen LogP contribution in [0.4, 0.5) is 39.5 Å². The van der Waals surface area contributed by atoms with E-state index in [4.69, 9.17) is 0 Å². The molecule has 0 aliphatic rings. The summed E-state index contributed by atoms with van der Waals surface area (Å²) < 4.78 is 149. The van der Waals surface area contributed by atoms with Crippen LogP contribution in [0.15, 0.2) is 109 Å². The highest BCUT2D eigenvalue weighted by Gasteiger charge is 2.43. The fraction of sp³-hybridized carbons (Fsp3) is 0.133. The number of alkyl halides is 9. The molecule has 0 radical (unpaired) electrons. The van der Waals surface area contributed by atoms with Crippen LogP contribution >= 0.6 is 7.26 Å². The van der Waals surface area contributed by atoms with Crippen molar-refractivity contribution >= 4 is 39.4 Å². The molecule has 0 aliphatic carbocycles. The SMILES string of the molecule is C=Cc1ccccc1S(=O)(=O)[O-].C[P+](c1ccc(C(F)(F)F)cc1)(c1ccc(C(F)(F)F)cc1)c1ccc(C(F)(F)F)cc1. The van der Waals surface area contributed by atoms with E-state index in [0.717, 1.165) is 36.4 Å². The van der Waals surface area contributed by atoms with Gasteiger partial charge in [-0.15, -0.1) is 0 Å². The van der Waals surface area contributed by atoms with Gasteiger partial charge in [0.05, 0.1) is 28.3 Å². The molecule has 14 heteroatoms. The topological polar surface area (TPSA) is 57.2 Å². The van der Waals surface area contributed by atoms with Gasteiger partial charge in [0.2, 0.25) is 0 Å². The second-order valence-electron chi connectivity index (χ2n) is 9.34. The summed E-state index contributed by atoms with van der Waals surface area (Å²) in [6.07, 6.45) is -12.4. The first-order valence-electron chi connectivity index (χ1n) is 12.3. The van der Waals surface area contributed by atoms with Gasteiger partial charge in [0, 0.05) is 0 Å². The minimum absolute atomic E-state index is 0.222. The van der Waals surface area contributed by atoms with E-state index in [1.54, 1.807) is 12.7 Å². The first-order chi connectivity index (χ1) is 20.2. The first-order valence-corrected chi connectivity index (χ1v) is 15.9. The Labute approximate surface area is 247 Å². The zero-order valence-corrected chi connectivity index (χ0v) is 24.2. The summed E-state index contributed by atoms with van der Waals surface area (Å²) in [6, 6.07) is 18.3. The second kappa shape index (κ2) is 12.7. The predicted octanol–water partition coefficient (Wildman–Crippen LogP) is 7.90. The molecule has 0 aliphatic heterocycles. The molecule has 0 bridgehead atoms. The van der Waals surface area contributed by atoms with Gasteiger partial charge in [-0.1, -0.05) is 30.9 Å². The molecule has 0 heterocycles. The summed E-state index contributed by atoms with van der Waals surface area (Å²) in [5.41, 5.74) is -2.39. The van der Waals surface area contributed by atoms with Crippen LogP contribution in [0, 0.1) is 0 Å².